The number of piperazine rings is 1. The summed E-state index contributed by atoms with van der Waals surface area (Å²) in [7, 11) is 1.68. The molecule has 1 aliphatic heterocycles. The number of nitrogens with zero attached hydrogens (tertiary/aromatic N) is 4. The van der Waals surface area contributed by atoms with Crippen LogP contribution in [0.3, 0.4) is 0 Å². The van der Waals surface area contributed by atoms with E-state index in [0.717, 1.165) is 43.2 Å². The van der Waals surface area contributed by atoms with Crippen molar-refractivity contribution in [2.75, 3.05) is 38.2 Å². The lowest BCUT2D eigenvalue weighted by Crippen LogP contribution is -2.49. The number of rotatable bonds is 6. The van der Waals surface area contributed by atoms with Crippen molar-refractivity contribution in [2.45, 2.75) is 26.3 Å². The number of aromatic nitrogens is 3. The monoisotopic (exact) mass is 375 g/mol. The minimum atomic E-state index is 0.0829. The highest BCUT2D eigenvalue weighted by Gasteiger charge is 2.23. The average Bonchev–Trinajstić information content (AvgIpc) is 3.02. The Morgan fingerprint density at radius 3 is 2.69 bits per heavy atom. The fourth-order valence-electron chi connectivity index (χ4n) is 3.25. The predicted molar refractivity (Wildman–Crippen MR) is 103 cm³/mol. The second-order valence-corrected chi connectivity index (χ2v) is 6.71. The molecular formula is C18H25N5O2S. The van der Waals surface area contributed by atoms with Crippen LogP contribution in [0.15, 0.2) is 24.3 Å². The zero-order chi connectivity index (χ0) is 18.5. The third-order valence-corrected chi connectivity index (χ3v) is 4.97. The lowest BCUT2D eigenvalue weighted by atomic mass is 10.2. The summed E-state index contributed by atoms with van der Waals surface area (Å²) >= 11 is 5.27. The average molecular weight is 375 g/mol. The Morgan fingerprint density at radius 1 is 1.27 bits per heavy atom. The zero-order valence-corrected chi connectivity index (χ0v) is 16.1. The van der Waals surface area contributed by atoms with E-state index in [4.69, 9.17) is 17.0 Å². The first kappa shape index (κ1) is 18.4. The van der Waals surface area contributed by atoms with Crippen LogP contribution in [0.25, 0.3) is 0 Å². The molecule has 1 N–H and O–H groups in total. The molecule has 0 unspecified atom stereocenters. The molecule has 0 aliphatic carbocycles. The molecule has 3 rings (SSSR count). The molecule has 0 bridgehead atoms. The topological polar surface area (TPSA) is 66.4 Å². The van der Waals surface area contributed by atoms with Gasteiger partial charge in [0.1, 0.15) is 18.1 Å². The Kier molecular flexibility index (Phi) is 5.92. The number of para-hydroxylation sites is 2. The van der Waals surface area contributed by atoms with Crippen molar-refractivity contribution >= 4 is 23.8 Å². The molecule has 2 aromatic rings. The summed E-state index contributed by atoms with van der Waals surface area (Å²) in [5, 5.41) is 7.02. The number of nitrogens with one attached hydrogen (secondary N) is 1. The molecule has 0 radical (unpaired) electrons. The first-order valence-corrected chi connectivity index (χ1v) is 9.34. The lowest BCUT2D eigenvalue weighted by molar-refractivity contribution is -0.132. The van der Waals surface area contributed by atoms with Gasteiger partial charge in [-0.1, -0.05) is 19.1 Å². The molecule has 1 amide bonds. The van der Waals surface area contributed by atoms with Gasteiger partial charge in [0.15, 0.2) is 4.77 Å². The van der Waals surface area contributed by atoms with E-state index in [1.807, 2.05) is 27.7 Å². The van der Waals surface area contributed by atoms with E-state index in [2.05, 4.69) is 28.1 Å². The number of benzene rings is 1. The first-order valence-electron chi connectivity index (χ1n) is 8.93. The molecule has 1 saturated heterocycles. The fraction of sp³-hybridized carbons (Fsp3) is 0.500. The van der Waals surface area contributed by atoms with Crippen LogP contribution >= 0.6 is 12.2 Å². The maximum atomic E-state index is 12.7. The summed E-state index contributed by atoms with van der Waals surface area (Å²) in [5.41, 5.74) is 1.07. The Bertz CT molecular complexity index is 808. The maximum Gasteiger partial charge on any atom is 0.242 e. The van der Waals surface area contributed by atoms with Gasteiger partial charge in [0.2, 0.25) is 5.91 Å². The Labute approximate surface area is 158 Å². The summed E-state index contributed by atoms with van der Waals surface area (Å²) in [6, 6.07) is 7.98. The summed E-state index contributed by atoms with van der Waals surface area (Å²) in [4.78, 5) is 16.9. The molecule has 1 fully saturated rings. The van der Waals surface area contributed by atoms with Crippen molar-refractivity contribution in [2.24, 2.45) is 0 Å². The fourth-order valence-corrected chi connectivity index (χ4v) is 3.47. The number of anilines is 1. The number of ether oxygens (including phenoxy) is 1. The van der Waals surface area contributed by atoms with Crippen molar-refractivity contribution in [3.63, 3.8) is 0 Å². The molecular weight excluding hydrogens is 350 g/mol. The van der Waals surface area contributed by atoms with Gasteiger partial charge >= 0.3 is 0 Å². The third kappa shape index (κ3) is 3.90. The van der Waals surface area contributed by atoms with Gasteiger partial charge in [0.25, 0.3) is 0 Å². The Hall–Kier alpha value is -2.35. The minimum Gasteiger partial charge on any atom is -0.495 e. The van der Waals surface area contributed by atoms with Gasteiger partial charge in [-0.05, 0) is 30.8 Å². The summed E-state index contributed by atoms with van der Waals surface area (Å²) in [6.07, 6.45) is 1.77. The SMILES string of the molecule is CCCc1n[nH]c(=S)n1CC(=O)N1CCN(c2ccccc2OC)CC1. The standard InChI is InChI=1S/C18H25N5O2S/c1-3-6-16-19-20-18(26)23(16)13-17(24)22-11-9-21(10-12-22)14-7-4-5-8-15(14)25-2/h4-5,7-8H,3,6,9-13H2,1-2H3,(H,20,26). The van der Waals surface area contributed by atoms with E-state index < -0.39 is 0 Å². The van der Waals surface area contributed by atoms with Gasteiger partial charge in [0, 0.05) is 32.6 Å². The number of carbonyl (C=O) groups is 1. The number of H-pyrrole nitrogens is 1. The van der Waals surface area contributed by atoms with Crippen molar-refractivity contribution in [1.29, 1.82) is 0 Å². The predicted octanol–water partition coefficient (Wildman–Crippen LogP) is 2.25. The van der Waals surface area contributed by atoms with Crippen LogP contribution in [0.5, 0.6) is 5.75 Å². The summed E-state index contributed by atoms with van der Waals surface area (Å²) in [6.45, 7) is 5.27. The zero-order valence-electron chi connectivity index (χ0n) is 15.3. The van der Waals surface area contributed by atoms with Crippen LogP contribution in [0.1, 0.15) is 19.2 Å². The van der Waals surface area contributed by atoms with Crippen LogP contribution < -0.4 is 9.64 Å². The molecule has 1 aromatic heterocycles. The van der Waals surface area contributed by atoms with Crippen LogP contribution in [0.4, 0.5) is 5.69 Å². The molecule has 0 spiro atoms. The van der Waals surface area contributed by atoms with Crippen molar-refractivity contribution in [3.8, 4) is 5.75 Å². The van der Waals surface area contributed by atoms with E-state index >= 15 is 0 Å². The van der Waals surface area contributed by atoms with Crippen LogP contribution in [0.2, 0.25) is 0 Å². The largest absolute Gasteiger partial charge is 0.495 e. The number of aromatic amines is 1. The lowest BCUT2D eigenvalue weighted by Gasteiger charge is -2.36. The van der Waals surface area contributed by atoms with E-state index in [-0.39, 0.29) is 12.5 Å². The summed E-state index contributed by atoms with van der Waals surface area (Å²) < 4.78 is 7.77. The van der Waals surface area contributed by atoms with Gasteiger partial charge in [0.05, 0.1) is 12.8 Å². The molecule has 8 heteroatoms. The van der Waals surface area contributed by atoms with Gasteiger partial charge in [-0.2, -0.15) is 5.10 Å². The highest BCUT2D eigenvalue weighted by molar-refractivity contribution is 7.71. The number of aryl methyl sites for hydroxylation is 1. The second kappa shape index (κ2) is 8.35. The quantitative estimate of drug-likeness (QED) is 0.785. The molecule has 1 aromatic carbocycles. The molecule has 7 nitrogen and oxygen atoms in total. The minimum absolute atomic E-state index is 0.0829. The second-order valence-electron chi connectivity index (χ2n) is 6.32. The van der Waals surface area contributed by atoms with Gasteiger partial charge < -0.3 is 14.5 Å². The van der Waals surface area contributed by atoms with Crippen molar-refractivity contribution < 1.29 is 9.53 Å². The molecule has 0 atom stereocenters. The number of hydrogen-bond acceptors (Lipinski definition) is 5. The van der Waals surface area contributed by atoms with E-state index in [0.29, 0.717) is 17.9 Å². The highest BCUT2D eigenvalue weighted by atomic mass is 32.1. The first-order chi connectivity index (χ1) is 12.6. The molecule has 1 aliphatic rings. The molecule has 2 heterocycles. The van der Waals surface area contributed by atoms with Gasteiger partial charge in [-0.25, -0.2) is 0 Å². The van der Waals surface area contributed by atoms with Gasteiger partial charge in [-0.3, -0.25) is 14.5 Å². The van der Waals surface area contributed by atoms with E-state index in [1.54, 1.807) is 7.11 Å². The molecule has 26 heavy (non-hydrogen) atoms. The van der Waals surface area contributed by atoms with Crippen molar-refractivity contribution in [3.05, 3.63) is 34.9 Å². The van der Waals surface area contributed by atoms with Gasteiger partial charge in [-0.15, -0.1) is 0 Å². The molecule has 0 saturated carbocycles. The van der Waals surface area contributed by atoms with E-state index in [9.17, 15) is 4.79 Å². The third-order valence-electron chi connectivity index (χ3n) is 4.66. The number of carbonyl (C=O) groups excluding carboxylic acids is 1. The number of methoxy groups -OCH3 is 1. The van der Waals surface area contributed by atoms with Crippen LogP contribution in [0, 0.1) is 4.77 Å². The number of hydrogen-bond donors (Lipinski definition) is 1. The van der Waals surface area contributed by atoms with Crippen LogP contribution in [-0.2, 0) is 17.8 Å². The summed E-state index contributed by atoms with van der Waals surface area (Å²) in [5.74, 6) is 1.79. The Morgan fingerprint density at radius 2 is 2.00 bits per heavy atom. The van der Waals surface area contributed by atoms with Crippen LogP contribution in [-0.4, -0.2) is 58.9 Å². The Balaban J connectivity index is 1.62. The number of amides is 1. The highest BCUT2D eigenvalue weighted by Crippen LogP contribution is 2.28. The normalized spacial score (nSPS) is 14.5. The van der Waals surface area contributed by atoms with E-state index in [1.165, 1.54) is 0 Å². The molecule has 140 valence electrons. The maximum absolute atomic E-state index is 12.7. The van der Waals surface area contributed by atoms with Crippen molar-refractivity contribution in [1.82, 2.24) is 19.7 Å². The smallest absolute Gasteiger partial charge is 0.242 e.